The fourth-order valence-electron chi connectivity index (χ4n) is 2.58. The second kappa shape index (κ2) is 8.43. The molecule has 2 rings (SSSR count). The quantitative estimate of drug-likeness (QED) is 0.783. The lowest BCUT2D eigenvalue weighted by atomic mass is 9.91. The van der Waals surface area contributed by atoms with Gasteiger partial charge in [0.2, 0.25) is 0 Å². The van der Waals surface area contributed by atoms with Gasteiger partial charge in [0.25, 0.3) is 0 Å². The average Bonchev–Trinajstić information content (AvgIpc) is 2.56. The number of benzene rings is 2. The Labute approximate surface area is 145 Å². The van der Waals surface area contributed by atoms with E-state index in [0.717, 1.165) is 17.7 Å². The van der Waals surface area contributed by atoms with Crippen LogP contribution in [0.1, 0.15) is 37.8 Å². The molecule has 1 N–H and O–H groups in total. The van der Waals surface area contributed by atoms with Crippen LogP contribution in [-0.4, -0.2) is 42.0 Å². The molecule has 0 saturated carbocycles. The van der Waals surface area contributed by atoms with Crippen LogP contribution in [0.4, 0.5) is 0 Å². The molecule has 2 aromatic carbocycles. The van der Waals surface area contributed by atoms with Crippen LogP contribution < -0.4 is 0 Å². The summed E-state index contributed by atoms with van der Waals surface area (Å²) in [5.41, 5.74) is 2.20. The Hall–Kier alpha value is -1.68. The highest BCUT2D eigenvalue weighted by Gasteiger charge is 2.24. The van der Waals surface area contributed by atoms with E-state index in [1.54, 1.807) is 0 Å². The minimum Gasteiger partial charge on any atom is -0.367 e. The van der Waals surface area contributed by atoms with Crippen LogP contribution in [0, 0.1) is 0 Å². The Bertz CT molecular complexity index is 553. The second-order valence-corrected chi connectivity index (χ2v) is 7.15. The van der Waals surface area contributed by atoms with Gasteiger partial charge in [0.15, 0.2) is 6.29 Å². The van der Waals surface area contributed by atoms with Gasteiger partial charge in [0, 0.05) is 12.1 Å². The first-order valence-electron chi connectivity index (χ1n) is 8.50. The molecule has 0 fully saturated rings. The van der Waals surface area contributed by atoms with Crippen molar-refractivity contribution in [2.45, 2.75) is 38.5 Å². The van der Waals surface area contributed by atoms with Crippen molar-refractivity contribution >= 4 is 0 Å². The standard InChI is InChI=1S/C21H29NO2/c1-21(2,3)22(4)15-16-24-20(23)19(17-11-7-5-8-12-17)18-13-9-6-10-14-18/h5-14,19-20,23H,15-16H2,1-4H3. The number of hydrogen-bond donors (Lipinski definition) is 1. The third kappa shape index (κ3) is 5.17. The molecule has 3 heteroatoms. The van der Waals surface area contributed by atoms with Gasteiger partial charge >= 0.3 is 0 Å². The average molecular weight is 327 g/mol. The van der Waals surface area contributed by atoms with Crippen LogP contribution in [0.2, 0.25) is 0 Å². The van der Waals surface area contributed by atoms with Gasteiger partial charge in [0.1, 0.15) is 0 Å². The lowest BCUT2D eigenvalue weighted by Gasteiger charge is -2.32. The fourth-order valence-corrected chi connectivity index (χ4v) is 2.58. The van der Waals surface area contributed by atoms with Gasteiger partial charge in [-0.2, -0.15) is 0 Å². The van der Waals surface area contributed by atoms with Crippen LogP contribution in [0.25, 0.3) is 0 Å². The van der Waals surface area contributed by atoms with E-state index in [2.05, 4.69) is 32.7 Å². The molecule has 0 aromatic heterocycles. The van der Waals surface area contributed by atoms with Crippen LogP contribution in [0.5, 0.6) is 0 Å². The summed E-state index contributed by atoms with van der Waals surface area (Å²) >= 11 is 0. The lowest BCUT2D eigenvalue weighted by molar-refractivity contribution is -0.113. The number of nitrogens with zero attached hydrogens (tertiary/aromatic N) is 1. The summed E-state index contributed by atoms with van der Waals surface area (Å²) in [4.78, 5) is 2.22. The zero-order valence-electron chi connectivity index (χ0n) is 15.1. The van der Waals surface area contributed by atoms with Crippen molar-refractivity contribution in [1.82, 2.24) is 4.90 Å². The molecule has 130 valence electrons. The van der Waals surface area contributed by atoms with E-state index in [0.29, 0.717) is 6.61 Å². The van der Waals surface area contributed by atoms with Crippen LogP contribution in [0.3, 0.4) is 0 Å². The maximum Gasteiger partial charge on any atom is 0.165 e. The molecular weight excluding hydrogens is 298 g/mol. The second-order valence-electron chi connectivity index (χ2n) is 7.15. The van der Waals surface area contributed by atoms with E-state index < -0.39 is 6.29 Å². The predicted octanol–water partition coefficient (Wildman–Crippen LogP) is 3.88. The molecule has 0 aliphatic rings. The summed E-state index contributed by atoms with van der Waals surface area (Å²) < 4.78 is 5.79. The van der Waals surface area contributed by atoms with Crippen molar-refractivity contribution < 1.29 is 9.84 Å². The molecule has 0 aliphatic carbocycles. The molecular formula is C21H29NO2. The zero-order chi connectivity index (χ0) is 17.6. The first-order chi connectivity index (χ1) is 11.4. The van der Waals surface area contributed by atoms with E-state index in [9.17, 15) is 5.11 Å². The highest BCUT2D eigenvalue weighted by atomic mass is 16.6. The Morgan fingerprint density at radius 2 is 1.38 bits per heavy atom. The van der Waals surface area contributed by atoms with Crippen molar-refractivity contribution in [3.05, 3.63) is 71.8 Å². The Balaban J connectivity index is 2.08. The monoisotopic (exact) mass is 327 g/mol. The van der Waals surface area contributed by atoms with Crippen LogP contribution in [0.15, 0.2) is 60.7 Å². The van der Waals surface area contributed by atoms with E-state index in [1.165, 1.54) is 0 Å². The summed E-state index contributed by atoms with van der Waals surface area (Å²) in [5, 5.41) is 10.7. The fraction of sp³-hybridized carbons (Fsp3) is 0.429. The predicted molar refractivity (Wildman–Crippen MR) is 99.1 cm³/mol. The minimum atomic E-state index is -0.872. The summed E-state index contributed by atoms with van der Waals surface area (Å²) in [6.07, 6.45) is -0.872. The molecule has 0 bridgehead atoms. The van der Waals surface area contributed by atoms with Crippen LogP contribution >= 0.6 is 0 Å². The molecule has 0 saturated heterocycles. The third-order valence-corrected chi connectivity index (χ3v) is 4.46. The first-order valence-corrected chi connectivity index (χ1v) is 8.50. The summed E-state index contributed by atoms with van der Waals surface area (Å²) in [6.45, 7) is 7.77. The van der Waals surface area contributed by atoms with Crippen molar-refractivity contribution in [3.8, 4) is 0 Å². The highest BCUT2D eigenvalue weighted by Crippen LogP contribution is 2.28. The van der Waals surface area contributed by atoms with Gasteiger partial charge in [-0.05, 0) is 38.9 Å². The molecule has 0 spiro atoms. The van der Waals surface area contributed by atoms with Gasteiger partial charge < -0.3 is 9.84 Å². The largest absolute Gasteiger partial charge is 0.367 e. The molecule has 0 heterocycles. The topological polar surface area (TPSA) is 32.7 Å². The SMILES string of the molecule is CN(CCOC(O)C(c1ccccc1)c1ccccc1)C(C)(C)C. The first kappa shape index (κ1) is 18.7. The number of aliphatic hydroxyl groups is 1. The van der Waals surface area contributed by atoms with Gasteiger partial charge in [-0.1, -0.05) is 60.7 Å². The van der Waals surface area contributed by atoms with Gasteiger partial charge in [0.05, 0.1) is 12.5 Å². The Kier molecular flexibility index (Phi) is 6.55. The maximum absolute atomic E-state index is 10.7. The van der Waals surface area contributed by atoms with Gasteiger partial charge in [-0.25, -0.2) is 0 Å². The van der Waals surface area contributed by atoms with Crippen molar-refractivity contribution in [3.63, 3.8) is 0 Å². The molecule has 1 atom stereocenters. The highest BCUT2D eigenvalue weighted by molar-refractivity contribution is 5.33. The van der Waals surface area contributed by atoms with Gasteiger partial charge in [-0.3, -0.25) is 4.90 Å². The summed E-state index contributed by atoms with van der Waals surface area (Å²) in [6, 6.07) is 20.1. The molecule has 24 heavy (non-hydrogen) atoms. The van der Waals surface area contributed by atoms with Crippen LogP contribution in [-0.2, 0) is 4.74 Å². The van der Waals surface area contributed by atoms with E-state index in [4.69, 9.17) is 4.74 Å². The Morgan fingerprint density at radius 1 is 0.917 bits per heavy atom. The molecule has 0 aliphatic heterocycles. The number of ether oxygens (including phenoxy) is 1. The number of rotatable bonds is 7. The number of aliphatic hydroxyl groups excluding tert-OH is 1. The summed E-state index contributed by atoms with van der Waals surface area (Å²) in [7, 11) is 2.07. The molecule has 1 unspecified atom stereocenters. The maximum atomic E-state index is 10.7. The zero-order valence-corrected chi connectivity index (χ0v) is 15.1. The molecule has 0 amide bonds. The number of likely N-dealkylation sites (N-methyl/N-ethyl adjacent to an activating group) is 1. The van der Waals surface area contributed by atoms with Gasteiger partial charge in [-0.15, -0.1) is 0 Å². The Morgan fingerprint density at radius 3 is 1.79 bits per heavy atom. The van der Waals surface area contributed by atoms with Crippen molar-refractivity contribution in [2.75, 3.05) is 20.2 Å². The van der Waals surface area contributed by atoms with E-state index in [-0.39, 0.29) is 11.5 Å². The molecule has 0 radical (unpaired) electrons. The minimum absolute atomic E-state index is 0.0899. The van der Waals surface area contributed by atoms with E-state index >= 15 is 0 Å². The normalized spacial score (nSPS) is 13.5. The lowest BCUT2D eigenvalue weighted by Crippen LogP contribution is -2.40. The van der Waals surface area contributed by atoms with Crippen molar-refractivity contribution in [1.29, 1.82) is 0 Å². The third-order valence-electron chi connectivity index (χ3n) is 4.46. The van der Waals surface area contributed by atoms with Crippen molar-refractivity contribution in [2.24, 2.45) is 0 Å². The molecule has 3 nitrogen and oxygen atoms in total. The smallest absolute Gasteiger partial charge is 0.165 e. The van der Waals surface area contributed by atoms with E-state index in [1.807, 2.05) is 60.7 Å². The summed E-state index contributed by atoms with van der Waals surface area (Å²) in [5.74, 6) is -0.188. The molecule has 2 aromatic rings. The number of hydrogen-bond acceptors (Lipinski definition) is 3.